The van der Waals surface area contributed by atoms with Gasteiger partial charge >= 0.3 is 0 Å². The largest absolute Gasteiger partial charge is 0.353 e. The standard InChI is InChI=1S/C21H24Cl2N2OS/c1-25(2)15-6-5-14-24-20(26)13-12-16-8-3-4-11-19(16)27-21-17(22)9-7-10-18(21)23/h3-4,7-13H,5-6,14-15H2,1-2H3,(H,24,26)/b13-12+. The lowest BCUT2D eigenvalue weighted by Crippen LogP contribution is -2.23. The number of amides is 1. The van der Waals surface area contributed by atoms with Gasteiger partial charge in [0.2, 0.25) is 5.91 Å². The van der Waals surface area contributed by atoms with Crippen LogP contribution in [0.2, 0.25) is 10.0 Å². The van der Waals surface area contributed by atoms with Gasteiger partial charge in [0.25, 0.3) is 0 Å². The highest BCUT2D eigenvalue weighted by molar-refractivity contribution is 7.99. The zero-order chi connectivity index (χ0) is 19.6. The van der Waals surface area contributed by atoms with Crippen molar-refractivity contribution in [3.8, 4) is 0 Å². The maximum Gasteiger partial charge on any atom is 0.243 e. The molecular weight excluding hydrogens is 399 g/mol. The van der Waals surface area contributed by atoms with E-state index in [0.717, 1.165) is 34.7 Å². The van der Waals surface area contributed by atoms with Gasteiger partial charge in [0.05, 0.1) is 10.0 Å². The lowest BCUT2D eigenvalue weighted by Gasteiger charge is -2.09. The maximum absolute atomic E-state index is 12.0. The number of benzene rings is 2. The third-order valence-electron chi connectivity index (χ3n) is 3.80. The highest BCUT2D eigenvalue weighted by Gasteiger charge is 2.09. The Hall–Kier alpha value is -1.46. The Morgan fingerprint density at radius 1 is 1.07 bits per heavy atom. The fraction of sp³-hybridized carbons (Fsp3) is 0.286. The Balaban J connectivity index is 1.97. The van der Waals surface area contributed by atoms with Crippen LogP contribution >= 0.6 is 35.0 Å². The number of hydrogen-bond acceptors (Lipinski definition) is 3. The molecule has 0 aliphatic heterocycles. The normalized spacial score (nSPS) is 11.3. The van der Waals surface area contributed by atoms with Crippen LogP contribution < -0.4 is 5.32 Å². The van der Waals surface area contributed by atoms with Crippen molar-refractivity contribution < 1.29 is 4.79 Å². The van der Waals surface area contributed by atoms with Gasteiger partial charge in [0, 0.05) is 22.4 Å². The quantitative estimate of drug-likeness (QED) is 0.420. The fourth-order valence-corrected chi connectivity index (χ4v) is 3.97. The first-order valence-corrected chi connectivity index (χ1v) is 10.4. The summed E-state index contributed by atoms with van der Waals surface area (Å²) >= 11 is 14.0. The van der Waals surface area contributed by atoms with Gasteiger partial charge in [-0.25, -0.2) is 0 Å². The van der Waals surface area contributed by atoms with Crippen molar-refractivity contribution in [2.24, 2.45) is 0 Å². The molecule has 0 radical (unpaired) electrons. The summed E-state index contributed by atoms with van der Waals surface area (Å²) in [5.74, 6) is -0.0876. The monoisotopic (exact) mass is 422 g/mol. The summed E-state index contributed by atoms with van der Waals surface area (Å²) in [7, 11) is 4.10. The van der Waals surface area contributed by atoms with Gasteiger partial charge in [-0.05, 0) is 63.3 Å². The topological polar surface area (TPSA) is 32.3 Å². The highest BCUT2D eigenvalue weighted by atomic mass is 35.5. The van der Waals surface area contributed by atoms with Gasteiger partial charge in [-0.15, -0.1) is 0 Å². The van der Waals surface area contributed by atoms with Crippen LogP contribution in [0.15, 0.2) is 58.3 Å². The summed E-state index contributed by atoms with van der Waals surface area (Å²) in [6.07, 6.45) is 5.42. The second kappa shape index (κ2) is 11.4. The van der Waals surface area contributed by atoms with E-state index in [4.69, 9.17) is 23.2 Å². The number of rotatable bonds is 9. The summed E-state index contributed by atoms with van der Waals surface area (Å²) in [5.41, 5.74) is 0.946. The minimum Gasteiger partial charge on any atom is -0.353 e. The third-order valence-corrected chi connectivity index (χ3v) is 5.89. The SMILES string of the molecule is CN(C)CCCCNC(=O)/C=C/c1ccccc1Sc1c(Cl)cccc1Cl. The molecule has 0 aliphatic rings. The molecule has 2 aromatic carbocycles. The average Bonchev–Trinajstić information content (AvgIpc) is 2.63. The molecule has 0 aromatic heterocycles. The number of carbonyl (C=O) groups is 1. The van der Waals surface area contributed by atoms with E-state index in [1.165, 1.54) is 11.8 Å². The van der Waals surface area contributed by atoms with Crippen molar-refractivity contribution >= 4 is 46.9 Å². The molecule has 1 N–H and O–H groups in total. The lowest BCUT2D eigenvalue weighted by atomic mass is 10.2. The van der Waals surface area contributed by atoms with E-state index in [9.17, 15) is 4.79 Å². The van der Waals surface area contributed by atoms with Crippen LogP contribution in [0, 0.1) is 0 Å². The Kier molecular flexibility index (Phi) is 9.22. The van der Waals surface area contributed by atoms with Crippen molar-refractivity contribution in [2.45, 2.75) is 22.6 Å². The van der Waals surface area contributed by atoms with E-state index in [1.807, 2.05) is 62.6 Å². The van der Waals surface area contributed by atoms with Crippen LogP contribution in [-0.2, 0) is 4.79 Å². The van der Waals surface area contributed by atoms with Gasteiger partial charge in [-0.3, -0.25) is 4.79 Å². The number of unbranched alkanes of at least 4 members (excludes halogenated alkanes) is 1. The molecule has 2 aromatic rings. The second-order valence-corrected chi connectivity index (χ2v) is 8.19. The highest BCUT2D eigenvalue weighted by Crippen LogP contribution is 2.39. The molecule has 0 aliphatic carbocycles. The molecule has 0 atom stereocenters. The predicted octanol–water partition coefficient (Wildman–Crippen LogP) is 5.62. The molecule has 0 unspecified atom stereocenters. The van der Waals surface area contributed by atoms with E-state index < -0.39 is 0 Å². The molecule has 0 fully saturated rings. The molecule has 1 amide bonds. The molecule has 0 bridgehead atoms. The second-order valence-electron chi connectivity index (χ2n) is 6.33. The summed E-state index contributed by atoms with van der Waals surface area (Å²) in [6, 6.07) is 13.3. The number of halogens is 2. The third kappa shape index (κ3) is 7.59. The molecule has 6 heteroatoms. The van der Waals surface area contributed by atoms with Crippen molar-refractivity contribution in [2.75, 3.05) is 27.2 Å². The van der Waals surface area contributed by atoms with Crippen molar-refractivity contribution in [3.05, 3.63) is 64.1 Å². The molecule has 0 heterocycles. The van der Waals surface area contributed by atoms with E-state index in [1.54, 1.807) is 6.08 Å². The fourth-order valence-electron chi connectivity index (χ4n) is 2.39. The number of carbonyl (C=O) groups excluding carboxylic acids is 1. The minimum atomic E-state index is -0.0876. The van der Waals surface area contributed by atoms with Crippen LogP contribution in [0.4, 0.5) is 0 Å². The van der Waals surface area contributed by atoms with E-state index >= 15 is 0 Å². The average molecular weight is 423 g/mol. The van der Waals surface area contributed by atoms with Gasteiger partial charge in [0.1, 0.15) is 0 Å². The van der Waals surface area contributed by atoms with Crippen LogP contribution in [0.25, 0.3) is 6.08 Å². The first-order chi connectivity index (χ1) is 13.0. The summed E-state index contributed by atoms with van der Waals surface area (Å²) in [6.45, 7) is 1.71. The van der Waals surface area contributed by atoms with Crippen LogP contribution in [0.3, 0.4) is 0 Å². The molecule has 144 valence electrons. The van der Waals surface area contributed by atoms with E-state index in [0.29, 0.717) is 16.6 Å². The molecule has 0 saturated heterocycles. The Bertz CT molecular complexity index is 773. The Morgan fingerprint density at radius 3 is 2.48 bits per heavy atom. The van der Waals surface area contributed by atoms with Crippen LogP contribution in [0.1, 0.15) is 18.4 Å². The number of nitrogens with one attached hydrogen (secondary N) is 1. The molecular formula is C21H24Cl2N2OS. The van der Waals surface area contributed by atoms with Gasteiger partial charge in [-0.1, -0.05) is 59.2 Å². The molecule has 0 saturated carbocycles. The van der Waals surface area contributed by atoms with Gasteiger partial charge < -0.3 is 10.2 Å². The van der Waals surface area contributed by atoms with Crippen molar-refractivity contribution in [3.63, 3.8) is 0 Å². The first-order valence-electron chi connectivity index (χ1n) is 8.79. The Morgan fingerprint density at radius 2 is 1.78 bits per heavy atom. The van der Waals surface area contributed by atoms with Gasteiger partial charge in [-0.2, -0.15) is 0 Å². The van der Waals surface area contributed by atoms with Crippen LogP contribution in [-0.4, -0.2) is 38.0 Å². The predicted molar refractivity (Wildman–Crippen MR) is 117 cm³/mol. The van der Waals surface area contributed by atoms with E-state index in [-0.39, 0.29) is 5.91 Å². The van der Waals surface area contributed by atoms with Crippen molar-refractivity contribution in [1.82, 2.24) is 10.2 Å². The molecule has 3 nitrogen and oxygen atoms in total. The molecule has 2 rings (SSSR count). The summed E-state index contributed by atoms with van der Waals surface area (Å²) in [4.78, 5) is 16.0. The zero-order valence-electron chi connectivity index (χ0n) is 15.5. The van der Waals surface area contributed by atoms with E-state index in [2.05, 4.69) is 10.2 Å². The lowest BCUT2D eigenvalue weighted by molar-refractivity contribution is -0.116. The van der Waals surface area contributed by atoms with Gasteiger partial charge in [0.15, 0.2) is 0 Å². The molecule has 27 heavy (non-hydrogen) atoms. The minimum absolute atomic E-state index is 0.0876. The van der Waals surface area contributed by atoms with Crippen LogP contribution in [0.5, 0.6) is 0 Å². The Labute approximate surface area is 175 Å². The molecule has 0 spiro atoms. The first kappa shape index (κ1) is 21.8. The number of nitrogens with zero attached hydrogens (tertiary/aromatic N) is 1. The summed E-state index contributed by atoms with van der Waals surface area (Å²) < 4.78 is 0. The maximum atomic E-state index is 12.0. The summed E-state index contributed by atoms with van der Waals surface area (Å²) in [5, 5.41) is 4.15. The van der Waals surface area contributed by atoms with Crippen molar-refractivity contribution in [1.29, 1.82) is 0 Å². The number of hydrogen-bond donors (Lipinski definition) is 1. The smallest absolute Gasteiger partial charge is 0.243 e. The zero-order valence-corrected chi connectivity index (χ0v) is 17.9.